The molecule has 9 atom stereocenters. The van der Waals surface area contributed by atoms with Crippen LogP contribution in [0.3, 0.4) is 0 Å². The van der Waals surface area contributed by atoms with Gasteiger partial charge in [-0.1, -0.05) is 12.2 Å². The van der Waals surface area contributed by atoms with Crippen LogP contribution in [0.15, 0.2) is 12.2 Å². The van der Waals surface area contributed by atoms with Gasteiger partial charge in [-0.25, -0.2) is 0 Å². The Balaban J connectivity index is 1.37. The maximum Gasteiger partial charge on any atom is 0.437 e. The normalized spacial score (nSPS) is 40.9. The standard InChI is InChI=1S/C21H20F6O6/c1-19(20(22,23)24,21(25,26)27)33-18(30)13-11-6-10-12(13)17(29)32-15(10)14(11)31-16(28)9-5-7-2-3-8(9)4-7/h2-3,7-15H,4-6H2,1H3. The lowest BCUT2D eigenvalue weighted by atomic mass is 9.78. The molecule has 0 N–H and O–H groups in total. The smallest absolute Gasteiger partial charge is 0.437 e. The zero-order valence-corrected chi connectivity index (χ0v) is 17.2. The van der Waals surface area contributed by atoms with E-state index in [1.165, 1.54) is 0 Å². The highest BCUT2D eigenvalue weighted by atomic mass is 19.4. The van der Waals surface area contributed by atoms with Crippen molar-refractivity contribution in [2.24, 2.45) is 41.4 Å². The number of alkyl halides is 6. The van der Waals surface area contributed by atoms with Crippen molar-refractivity contribution in [1.29, 1.82) is 0 Å². The summed E-state index contributed by atoms with van der Waals surface area (Å²) in [7, 11) is 0. The molecule has 4 aliphatic carbocycles. The molecule has 6 nitrogen and oxygen atoms in total. The number of ether oxygens (including phenoxy) is 3. The summed E-state index contributed by atoms with van der Waals surface area (Å²) < 4.78 is 94.3. The lowest BCUT2D eigenvalue weighted by Crippen LogP contribution is -2.58. The van der Waals surface area contributed by atoms with Crippen molar-refractivity contribution in [3.63, 3.8) is 0 Å². The van der Waals surface area contributed by atoms with Crippen molar-refractivity contribution < 1.29 is 54.9 Å². The van der Waals surface area contributed by atoms with E-state index in [4.69, 9.17) is 9.47 Å². The minimum atomic E-state index is -5.93. The predicted octanol–water partition coefficient (Wildman–Crippen LogP) is 3.34. The summed E-state index contributed by atoms with van der Waals surface area (Å²) in [6.45, 7) is -0.270. The molecule has 4 fully saturated rings. The van der Waals surface area contributed by atoms with Gasteiger partial charge in [0, 0.05) is 11.8 Å². The van der Waals surface area contributed by atoms with E-state index < -0.39 is 77.7 Å². The molecular formula is C21H20F6O6. The van der Waals surface area contributed by atoms with Crippen LogP contribution in [0, 0.1) is 41.4 Å². The summed E-state index contributed by atoms with van der Waals surface area (Å²) in [6, 6.07) is 0. The topological polar surface area (TPSA) is 78.9 Å². The molecule has 4 bridgehead atoms. The van der Waals surface area contributed by atoms with Crippen LogP contribution in [0.25, 0.3) is 0 Å². The van der Waals surface area contributed by atoms with E-state index in [1.54, 1.807) is 0 Å². The third-order valence-electron chi connectivity index (χ3n) is 8.04. The molecule has 5 rings (SSSR count). The van der Waals surface area contributed by atoms with Gasteiger partial charge >= 0.3 is 30.3 Å². The van der Waals surface area contributed by atoms with Crippen LogP contribution in [0.1, 0.15) is 26.2 Å². The van der Waals surface area contributed by atoms with Crippen molar-refractivity contribution in [3.8, 4) is 0 Å². The molecule has 0 radical (unpaired) electrons. The number of carbonyl (C=O) groups is 3. The largest absolute Gasteiger partial charge is 0.458 e. The average Bonchev–Trinajstić information content (AvgIpc) is 3.47. The molecule has 0 aromatic heterocycles. The van der Waals surface area contributed by atoms with Gasteiger partial charge in [0.15, 0.2) is 0 Å². The van der Waals surface area contributed by atoms with Crippen molar-refractivity contribution >= 4 is 17.9 Å². The molecule has 33 heavy (non-hydrogen) atoms. The summed E-state index contributed by atoms with van der Waals surface area (Å²) in [4.78, 5) is 37.8. The van der Waals surface area contributed by atoms with Gasteiger partial charge in [0.1, 0.15) is 12.2 Å². The molecule has 0 amide bonds. The Labute approximate surface area is 183 Å². The second-order valence-corrected chi connectivity index (χ2v) is 9.75. The molecule has 5 aliphatic rings. The summed E-state index contributed by atoms with van der Waals surface area (Å²) in [5.74, 6) is -7.88. The third-order valence-corrected chi connectivity index (χ3v) is 8.04. The SMILES string of the molecule is CC(OC(=O)C1C2CC3C(OC(=O)C31)C2OC(=O)C1CC2C=CC1C2)(C(F)(F)F)C(F)(F)F. The van der Waals surface area contributed by atoms with Crippen LogP contribution in [0.2, 0.25) is 0 Å². The Morgan fingerprint density at radius 1 is 0.970 bits per heavy atom. The highest BCUT2D eigenvalue weighted by Gasteiger charge is 2.74. The van der Waals surface area contributed by atoms with Crippen LogP contribution < -0.4 is 0 Å². The van der Waals surface area contributed by atoms with E-state index in [2.05, 4.69) is 4.74 Å². The maximum atomic E-state index is 13.2. The summed E-state index contributed by atoms with van der Waals surface area (Å²) in [6.07, 6.45) is -8.43. The van der Waals surface area contributed by atoms with E-state index in [0.717, 1.165) is 6.42 Å². The Bertz CT molecular complexity index is 911. The second-order valence-electron chi connectivity index (χ2n) is 9.75. The highest BCUT2D eigenvalue weighted by Crippen LogP contribution is 2.60. The molecule has 0 aromatic carbocycles. The van der Waals surface area contributed by atoms with Crippen LogP contribution in [-0.2, 0) is 28.6 Å². The maximum absolute atomic E-state index is 13.2. The lowest BCUT2D eigenvalue weighted by molar-refractivity contribution is -0.364. The first-order chi connectivity index (χ1) is 15.2. The number of rotatable bonds is 4. The van der Waals surface area contributed by atoms with Gasteiger partial charge in [0.05, 0.1) is 17.8 Å². The van der Waals surface area contributed by atoms with Gasteiger partial charge in [-0.05, 0) is 38.0 Å². The summed E-state index contributed by atoms with van der Waals surface area (Å²) in [5.41, 5.74) is -4.75. The number of esters is 3. The van der Waals surface area contributed by atoms with Gasteiger partial charge in [-0.3, -0.25) is 14.4 Å². The first-order valence-corrected chi connectivity index (χ1v) is 10.7. The zero-order valence-electron chi connectivity index (χ0n) is 17.2. The fourth-order valence-corrected chi connectivity index (χ4v) is 6.29. The Morgan fingerprint density at radius 3 is 2.18 bits per heavy atom. The van der Waals surface area contributed by atoms with Crippen LogP contribution in [-0.4, -0.2) is 48.1 Å². The van der Waals surface area contributed by atoms with Crippen LogP contribution in [0.5, 0.6) is 0 Å². The lowest BCUT2D eigenvalue weighted by Gasteiger charge is -2.36. The van der Waals surface area contributed by atoms with Gasteiger partial charge in [-0.15, -0.1) is 0 Å². The van der Waals surface area contributed by atoms with Gasteiger partial charge < -0.3 is 14.2 Å². The van der Waals surface area contributed by atoms with Gasteiger partial charge in [0.2, 0.25) is 0 Å². The van der Waals surface area contributed by atoms with Gasteiger partial charge in [-0.2, -0.15) is 26.3 Å². The van der Waals surface area contributed by atoms with Gasteiger partial charge in [0.25, 0.3) is 5.60 Å². The first-order valence-electron chi connectivity index (χ1n) is 10.7. The molecule has 12 heteroatoms. The Morgan fingerprint density at radius 2 is 1.64 bits per heavy atom. The molecule has 0 aromatic rings. The Kier molecular flexibility index (Phi) is 4.69. The van der Waals surface area contributed by atoms with E-state index in [9.17, 15) is 40.7 Å². The molecule has 0 spiro atoms. The van der Waals surface area contributed by atoms with Crippen molar-refractivity contribution in [2.75, 3.05) is 0 Å². The number of fused-ring (bicyclic) bond motifs is 3. The minimum Gasteiger partial charge on any atom is -0.458 e. The average molecular weight is 482 g/mol. The van der Waals surface area contributed by atoms with E-state index in [-0.39, 0.29) is 25.2 Å². The van der Waals surface area contributed by atoms with E-state index in [0.29, 0.717) is 6.42 Å². The van der Waals surface area contributed by atoms with Crippen molar-refractivity contribution in [3.05, 3.63) is 12.2 Å². The van der Waals surface area contributed by atoms with E-state index >= 15 is 0 Å². The molecule has 1 heterocycles. The monoisotopic (exact) mass is 482 g/mol. The number of halogens is 6. The van der Waals surface area contributed by atoms with Crippen LogP contribution >= 0.6 is 0 Å². The number of allylic oxidation sites excluding steroid dienone is 2. The molecule has 1 saturated heterocycles. The van der Waals surface area contributed by atoms with E-state index in [1.807, 2.05) is 12.2 Å². The van der Waals surface area contributed by atoms with Crippen LogP contribution in [0.4, 0.5) is 26.3 Å². The first kappa shape index (κ1) is 22.5. The third kappa shape index (κ3) is 3.11. The quantitative estimate of drug-likeness (QED) is 0.265. The number of hydrogen-bond acceptors (Lipinski definition) is 6. The fraction of sp³-hybridized carbons (Fsp3) is 0.762. The zero-order chi connectivity index (χ0) is 24.1. The fourth-order valence-electron chi connectivity index (χ4n) is 6.29. The van der Waals surface area contributed by atoms with Crippen molar-refractivity contribution in [2.45, 2.75) is 56.3 Å². The molecular weight excluding hydrogens is 462 g/mol. The number of carbonyl (C=O) groups excluding carboxylic acids is 3. The molecule has 182 valence electrons. The van der Waals surface area contributed by atoms with Crippen molar-refractivity contribution in [1.82, 2.24) is 0 Å². The molecule has 3 saturated carbocycles. The number of hydrogen-bond donors (Lipinski definition) is 0. The minimum absolute atomic E-state index is 0.00000798. The predicted molar refractivity (Wildman–Crippen MR) is 93.8 cm³/mol. The summed E-state index contributed by atoms with van der Waals surface area (Å²) >= 11 is 0. The summed E-state index contributed by atoms with van der Waals surface area (Å²) in [5, 5.41) is 0. The highest BCUT2D eigenvalue weighted by molar-refractivity contribution is 5.86. The molecule has 9 unspecified atom stereocenters. The second kappa shape index (κ2) is 6.88. The molecule has 1 aliphatic heterocycles. The Hall–Kier alpha value is -2.27.